The Balaban J connectivity index is 1.51. The first-order valence-corrected chi connectivity index (χ1v) is 12.2. The van der Waals surface area contributed by atoms with Gasteiger partial charge in [0.2, 0.25) is 11.7 Å². The third-order valence-corrected chi connectivity index (χ3v) is 7.77. The van der Waals surface area contributed by atoms with Crippen LogP contribution in [-0.4, -0.2) is 68.8 Å². The van der Waals surface area contributed by atoms with E-state index >= 15 is 0 Å². The smallest absolute Gasteiger partial charge is 0.387 e. The van der Waals surface area contributed by atoms with Crippen molar-refractivity contribution < 1.29 is 47.3 Å². The number of nitrogen functional groups attached to an aromatic ring is 1. The van der Waals surface area contributed by atoms with Crippen LogP contribution in [0.5, 0.6) is 0 Å². The van der Waals surface area contributed by atoms with Gasteiger partial charge in [-0.3, -0.25) is 18.9 Å². The number of hydrogen-bond acceptors (Lipinski definition) is 11. The minimum Gasteiger partial charge on any atom is -0.387 e. The molecule has 0 spiro atoms. The first-order chi connectivity index (χ1) is 15.4. The summed E-state index contributed by atoms with van der Waals surface area (Å²) in [7, 11) is -8.37. The van der Waals surface area contributed by atoms with Crippen molar-refractivity contribution in [2.75, 3.05) is 12.3 Å². The molecule has 1 aliphatic heterocycles. The van der Waals surface area contributed by atoms with E-state index in [-0.39, 0.29) is 17.1 Å². The van der Waals surface area contributed by atoms with Crippen LogP contribution in [-0.2, 0) is 29.7 Å². The molecule has 6 atom stereocenters. The summed E-state index contributed by atoms with van der Waals surface area (Å²) < 4.78 is 42.1. The van der Waals surface area contributed by atoms with Crippen LogP contribution in [0.4, 0.5) is 5.95 Å². The minimum atomic E-state index is -5.11. The zero-order valence-electron chi connectivity index (χ0n) is 16.8. The fraction of sp³-hybridized carbons (Fsp3) is 0.429. The number of nitrogens with zero attached hydrogens (tertiary/aromatic N) is 5. The number of anilines is 1. The molecule has 1 aliphatic rings. The molecule has 180 valence electrons. The number of aliphatic hydroxyl groups is 2. The Bertz CT molecular complexity index is 1320. The number of aromatic nitrogens is 6. The third kappa shape index (κ3) is 4.50. The number of hydrogen-bond donors (Lipinski definition) is 6. The maximum atomic E-state index is 12.2. The van der Waals surface area contributed by atoms with Crippen LogP contribution in [0.3, 0.4) is 0 Å². The number of fused-ring (bicyclic) bond motifs is 1. The van der Waals surface area contributed by atoms with Crippen molar-refractivity contribution in [3.63, 3.8) is 0 Å². The molecular formula is C14H20N7O10P2+. The molecule has 4 heterocycles. The highest BCUT2D eigenvalue weighted by Gasteiger charge is 2.48. The summed E-state index contributed by atoms with van der Waals surface area (Å²) in [4.78, 5) is 41.7. The fourth-order valence-electron chi connectivity index (χ4n) is 3.32. The van der Waals surface area contributed by atoms with Gasteiger partial charge in [0.05, 0.1) is 13.7 Å². The molecule has 3 aromatic rings. The lowest BCUT2D eigenvalue weighted by Gasteiger charge is -2.19. The highest BCUT2D eigenvalue weighted by molar-refractivity contribution is 7.63. The van der Waals surface area contributed by atoms with Gasteiger partial charge in [-0.1, -0.05) is 4.98 Å². The summed E-state index contributed by atoms with van der Waals surface area (Å²) in [6.45, 7) is -0.798. The molecular weight excluding hydrogens is 488 g/mol. The van der Waals surface area contributed by atoms with E-state index in [1.165, 1.54) is 22.5 Å². The van der Waals surface area contributed by atoms with Gasteiger partial charge in [-0.05, 0) is 0 Å². The van der Waals surface area contributed by atoms with Gasteiger partial charge in [0.25, 0.3) is 11.5 Å². The fourth-order valence-corrected chi connectivity index (χ4v) is 5.68. The number of rotatable bonds is 7. The molecule has 19 heteroatoms. The van der Waals surface area contributed by atoms with Crippen LogP contribution in [0.2, 0.25) is 0 Å². The lowest BCUT2D eigenvalue weighted by atomic mass is 10.1. The van der Waals surface area contributed by atoms with E-state index in [2.05, 4.69) is 19.3 Å². The van der Waals surface area contributed by atoms with Crippen molar-refractivity contribution in [1.82, 2.24) is 23.9 Å². The Morgan fingerprint density at radius 2 is 2.06 bits per heavy atom. The summed E-state index contributed by atoms with van der Waals surface area (Å²) in [5.41, 5.74) is 5.21. The molecule has 0 saturated carbocycles. The maximum absolute atomic E-state index is 12.2. The summed E-state index contributed by atoms with van der Waals surface area (Å²) >= 11 is 0. The molecule has 1 saturated heterocycles. The van der Waals surface area contributed by atoms with Gasteiger partial charge in [-0.25, -0.2) is 23.0 Å². The highest BCUT2D eigenvalue weighted by Crippen LogP contribution is 2.60. The maximum Gasteiger partial charge on any atom is 0.480 e. The van der Waals surface area contributed by atoms with Gasteiger partial charge in [0.1, 0.15) is 24.6 Å². The molecule has 0 amide bonds. The second kappa shape index (κ2) is 8.39. The summed E-state index contributed by atoms with van der Waals surface area (Å²) in [6.07, 6.45) is -1.33. The van der Waals surface area contributed by atoms with Gasteiger partial charge < -0.3 is 30.5 Å². The van der Waals surface area contributed by atoms with Crippen molar-refractivity contribution in [2.45, 2.75) is 24.5 Å². The highest BCUT2D eigenvalue weighted by atomic mass is 31.3. The average Bonchev–Trinajstić information content (AvgIpc) is 3.41. The van der Waals surface area contributed by atoms with Crippen LogP contribution in [0.25, 0.3) is 11.2 Å². The molecule has 0 bridgehead atoms. The van der Waals surface area contributed by atoms with Crippen molar-refractivity contribution in [3.8, 4) is 0 Å². The number of imidazole rings is 2. The monoisotopic (exact) mass is 508 g/mol. The minimum absolute atomic E-state index is 0.0503. The van der Waals surface area contributed by atoms with E-state index < -0.39 is 52.3 Å². The van der Waals surface area contributed by atoms with Crippen LogP contribution in [0.15, 0.2) is 29.8 Å². The normalized spacial score (nSPS) is 26.9. The Labute approximate surface area is 183 Å². The van der Waals surface area contributed by atoms with E-state index in [1.807, 2.05) is 0 Å². The molecule has 17 nitrogen and oxygen atoms in total. The molecule has 0 radical (unpaired) electrons. The topological polar surface area (TPSA) is 241 Å². The number of aliphatic hydroxyl groups excluding tert-OH is 2. The number of aryl methyl sites for hydroxylation is 1. The molecule has 0 aromatic carbocycles. The third-order valence-electron chi connectivity index (χ3n) is 4.79. The predicted octanol–water partition coefficient (Wildman–Crippen LogP) is -2.27. The largest absolute Gasteiger partial charge is 0.480 e. The average molecular weight is 508 g/mol. The number of ether oxygens (including phenoxy) is 1. The first-order valence-electron chi connectivity index (χ1n) is 9.17. The van der Waals surface area contributed by atoms with Crippen LogP contribution in [0.1, 0.15) is 6.23 Å². The number of H-pyrrole nitrogens is 1. The van der Waals surface area contributed by atoms with E-state index in [9.17, 15) is 33.9 Å². The quantitative estimate of drug-likeness (QED) is 0.146. The number of phosphoric ester groups is 1. The first kappa shape index (κ1) is 23.7. The number of nitrogens with two attached hydrogens (primary N) is 1. The second-order valence-electron chi connectivity index (χ2n) is 7.08. The van der Waals surface area contributed by atoms with E-state index in [0.717, 1.165) is 18.7 Å². The zero-order valence-corrected chi connectivity index (χ0v) is 18.6. The Kier molecular flexibility index (Phi) is 6.03. The lowest BCUT2D eigenvalue weighted by Crippen LogP contribution is -2.46. The summed E-state index contributed by atoms with van der Waals surface area (Å²) in [6, 6.07) is 0. The molecule has 33 heavy (non-hydrogen) atoms. The number of nitrogens with one attached hydrogen (secondary N) is 1. The van der Waals surface area contributed by atoms with Crippen molar-refractivity contribution in [1.29, 1.82) is 0 Å². The van der Waals surface area contributed by atoms with Crippen molar-refractivity contribution in [2.24, 2.45) is 7.05 Å². The van der Waals surface area contributed by atoms with Gasteiger partial charge in [0, 0.05) is 12.4 Å². The molecule has 1 fully saturated rings. The lowest BCUT2D eigenvalue weighted by molar-refractivity contribution is -0.745. The van der Waals surface area contributed by atoms with Crippen LogP contribution < -0.4 is 15.9 Å². The summed E-state index contributed by atoms with van der Waals surface area (Å²) in [5, 5.41) is 20.8. The van der Waals surface area contributed by atoms with Crippen LogP contribution >= 0.6 is 15.6 Å². The SMILES string of the molecule is Cn1c[n+]([C@@H]2O[C@H](COP(=O)(O)OP(=O)(O)n3ccnc3)[C@@H](O)[C@H]2O)c2nc(N)[nH]c(=O)c21. The predicted molar refractivity (Wildman–Crippen MR) is 106 cm³/mol. The molecule has 3 aromatic heterocycles. The second-order valence-corrected chi connectivity index (χ2v) is 10.4. The standard InChI is InChI=1S/C14H19N7O10P2/c1-19-6-21(11-8(19)12(24)18-14(15)17-11)13-10(23)9(22)7(30-13)4-29-33(27,28)31-32(25,26)20-3-2-16-5-20/h2-3,5-7,9-10,13,22-23H,4H2,1H3,(H4-,15,17,18,24,25,26,27,28)/p+1/t7-,9-,10-,13-/m1/s1. The number of aromatic amines is 1. The molecule has 4 rings (SSSR count). The van der Waals surface area contributed by atoms with Crippen molar-refractivity contribution >= 4 is 32.7 Å². The molecule has 2 unspecified atom stereocenters. The Hall–Kier alpha value is -2.46. The Morgan fingerprint density at radius 1 is 1.33 bits per heavy atom. The van der Waals surface area contributed by atoms with Gasteiger partial charge in [-0.15, -0.1) is 0 Å². The Morgan fingerprint density at radius 3 is 2.73 bits per heavy atom. The van der Waals surface area contributed by atoms with Crippen LogP contribution in [0, 0.1) is 0 Å². The van der Waals surface area contributed by atoms with Crippen molar-refractivity contribution in [3.05, 3.63) is 35.4 Å². The van der Waals surface area contributed by atoms with Gasteiger partial charge in [-0.2, -0.15) is 4.31 Å². The van der Waals surface area contributed by atoms with Gasteiger partial charge >= 0.3 is 21.2 Å². The zero-order chi connectivity index (χ0) is 24.1. The number of phosphoric acid groups is 1. The van der Waals surface area contributed by atoms with E-state index in [0.29, 0.717) is 4.34 Å². The summed E-state index contributed by atoms with van der Waals surface area (Å²) in [5.74, 6) is -0.190. The van der Waals surface area contributed by atoms with E-state index in [4.69, 9.17) is 15.0 Å². The van der Waals surface area contributed by atoms with E-state index in [1.54, 1.807) is 0 Å². The molecule has 7 N–H and O–H groups in total. The van der Waals surface area contributed by atoms with Gasteiger partial charge in [0.15, 0.2) is 6.33 Å². The molecule has 0 aliphatic carbocycles.